The van der Waals surface area contributed by atoms with Crippen LogP contribution in [0.2, 0.25) is 0 Å². The normalized spacial score (nSPS) is 23.1. The van der Waals surface area contributed by atoms with Gasteiger partial charge >= 0.3 is 0 Å². The summed E-state index contributed by atoms with van der Waals surface area (Å²) in [7, 11) is -3.04. The number of nitrogens with one attached hydrogen (secondary N) is 1. The van der Waals surface area contributed by atoms with Crippen LogP contribution < -0.4 is 5.32 Å². The second-order valence-corrected chi connectivity index (χ2v) is 6.99. The fourth-order valence-electron chi connectivity index (χ4n) is 2.11. The first-order valence-corrected chi connectivity index (χ1v) is 8.12. The van der Waals surface area contributed by atoms with Crippen LogP contribution in [0, 0.1) is 0 Å². The summed E-state index contributed by atoms with van der Waals surface area (Å²) in [4.78, 5) is 13.6. The fraction of sp³-hybridized carbons (Fsp3) is 0.909. The molecule has 1 fully saturated rings. The molecule has 1 amide bonds. The monoisotopic (exact) mass is 262 g/mol. The minimum Gasteiger partial charge on any atom is -0.325 e. The number of sulfone groups is 1. The molecule has 100 valence electrons. The maximum atomic E-state index is 12.0. The van der Waals surface area contributed by atoms with Gasteiger partial charge in [-0.05, 0) is 13.3 Å². The van der Waals surface area contributed by atoms with E-state index in [9.17, 15) is 13.2 Å². The van der Waals surface area contributed by atoms with Gasteiger partial charge in [0.15, 0.2) is 0 Å². The van der Waals surface area contributed by atoms with Crippen molar-refractivity contribution >= 4 is 15.7 Å². The average Bonchev–Trinajstić information content (AvgIpc) is 2.54. The lowest BCUT2D eigenvalue weighted by Gasteiger charge is -2.23. The Morgan fingerprint density at radius 2 is 2.18 bits per heavy atom. The Kier molecular flexibility index (Phi) is 4.94. The van der Waals surface area contributed by atoms with Crippen LogP contribution in [0.15, 0.2) is 0 Å². The van der Waals surface area contributed by atoms with Crippen LogP contribution in [0.5, 0.6) is 0 Å². The molecule has 1 aliphatic heterocycles. The molecule has 0 bridgehead atoms. The second kappa shape index (κ2) is 5.82. The Hall–Kier alpha value is -0.620. The largest absolute Gasteiger partial charge is 0.325 e. The molecule has 2 atom stereocenters. The van der Waals surface area contributed by atoms with Gasteiger partial charge in [0.05, 0.1) is 18.5 Å². The third-order valence-corrected chi connectivity index (χ3v) is 4.10. The quantitative estimate of drug-likeness (QED) is 0.751. The summed E-state index contributed by atoms with van der Waals surface area (Å²) in [5.74, 6) is 0.0654. The zero-order valence-corrected chi connectivity index (χ0v) is 11.6. The van der Waals surface area contributed by atoms with E-state index >= 15 is 0 Å². The van der Waals surface area contributed by atoms with E-state index in [0.29, 0.717) is 6.67 Å². The molecular formula is C11H22N2O3S. The number of amides is 1. The van der Waals surface area contributed by atoms with Crippen LogP contribution in [-0.4, -0.2) is 50.0 Å². The maximum Gasteiger partial charge on any atom is 0.241 e. The number of rotatable bonds is 6. The zero-order chi connectivity index (χ0) is 13.1. The molecule has 6 heteroatoms. The lowest BCUT2D eigenvalue weighted by atomic mass is 10.1. The summed E-state index contributed by atoms with van der Waals surface area (Å²) >= 11 is 0. The molecule has 1 saturated heterocycles. The Balaban J connectivity index is 2.54. The van der Waals surface area contributed by atoms with Crippen LogP contribution >= 0.6 is 0 Å². The molecule has 5 nitrogen and oxygen atoms in total. The fourth-order valence-corrected chi connectivity index (χ4v) is 3.17. The average molecular weight is 262 g/mol. The van der Waals surface area contributed by atoms with Gasteiger partial charge in [-0.2, -0.15) is 0 Å². The number of carbonyl (C=O) groups excluding carboxylic acids is 1. The minimum atomic E-state index is -3.04. The van der Waals surface area contributed by atoms with E-state index in [-0.39, 0.29) is 23.7 Å². The van der Waals surface area contributed by atoms with Crippen molar-refractivity contribution in [1.29, 1.82) is 0 Å². The molecule has 1 rings (SSSR count). The van der Waals surface area contributed by atoms with E-state index in [1.165, 1.54) is 6.26 Å². The zero-order valence-electron chi connectivity index (χ0n) is 10.8. The molecule has 2 unspecified atom stereocenters. The van der Waals surface area contributed by atoms with Gasteiger partial charge in [-0.3, -0.25) is 10.1 Å². The van der Waals surface area contributed by atoms with Gasteiger partial charge in [0.1, 0.15) is 9.84 Å². The van der Waals surface area contributed by atoms with Crippen molar-refractivity contribution in [1.82, 2.24) is 10.2 Å². The van der Waals surface area contributed by atoms with Crippen molar-refractivity contribution in [3.05, 3.63) is 0 Å². The summed E-state index contributed by atoms with van der Waals surface area (Å²) in [6.45, 7) is 4.33. The lowest BCUT2D eigenvalue weighted by molar-refractivity contribution is -0.130. The summed E-state index contributed by atoms with van der Waals surface area (Å²) in [6, 6.07) is -0.381. The predicted molar refractivity (Wildman–Crippen MR) is 67.3 cm³/mol. The lowest BCUT2D eigenvalue weighted by Crippen LogP contribution is -2.40. The molecule has 0 aliphatic carbocycles. The molecule has 0 saturated carbocycles. The minimum absolute atomic E-state index is 0.0287. The first-order valence-electron chi connectivity index (χ1n) is 6.06. The van der Waals surface area contributed by atoms with Crippen LogP contribution in [0.1, 0.15) is 33.1 Å². The van der Waals surface area contributed by atoms with Crippen LogP contribution in [0.3, 0.4) is 0 Å². The Morgan fingerprint density at radius 3 is 2.71 bits per heavy atom. The van der Waals surface area contributed by atoms with Crippen molar-refractivity contribution < 1.29 is 13.2 Å². The molecule has 0 radical (unpaired) electrons. The molecule has 1 aliphatic rings. The van der Waals surface area contributed by atoms with E-state index in [4.69, 9.17) is 0 Å². The molecule has 17 heavy (non-hydrogen) atoms. The number of carbonyl (C=O) groups is 1. The highest BCUT2D eigenvalue weighted by Gasteiger charge is 2.34. The van der Waals surface area contributed by atoms with Crippen molar-refractivity contribution in [3.63, 3.8) is 0 Å². The second-order valence-electron chi connectivity index (χ2n) is 4.81. The van der Waals surface area contributed by atoms with Gasteiger partial charge in [0, 0.05) is 12.3 Å². The summed E-state index contributed by atoms with van der Waals surface area (Å²) in [6.07, 6.45) is 4.10. The van der Waals surface area contributed by atoms with E-state index in [2.05, 4.69) is 12.2 Å². The van der Waals surface area contributed by atoms with E-state index in [0.717, 1.165) is 19.3 Å². The van der Waals surface area contributed by atoms with E-state index in [1.807, 2.05) is 0 Å². The van der Waals surface area contributed by atoms with Crippen molar-refractivity contribution in [2.75, 3.05) is 18.7 Å². The highest BCUT2D eigenvalue weighted by Crippen LogP contribution is 2.14. The number of hydrogen-bond donors (Lipinski definition) is 1. The first kappa shape index (κ1) is 14.4. The van der Waals surface area contributed by atoms with E-state index < -0.39 is 9.84 Å². The van der Waals surface area contributed by atoms with Gasteiger partial charge in [-0.15, -0.1) is 0 Å². The van der Waals surface area contributed by atoms with Gasteiger partial charge in [-0.25, -0.2) is 8.42 Å². The van der Waals surface area contributed by atoms with Crippen molar-refractivity contribution in [2.24, 2.45) is 0 Å². The molecule has 0 aromatic carbocycles. The summed E-state index contributed by atoms with van der Waals surface area (Å²) < 4.78 is 22.4. The van der Waals surface area contributed by atoms with Crippen molar-refractivity contribution in [2.45, 2.75) is 45.2 Å². The Bertz CT molecular complexity index is 367. The molecule has 0 spiro atoms. The van der Waals surface area contributed by atoms with E-state index in [1.54, 1.807) is 11.8 Å². The highest BCUT2D eigenvalue weighted by atomic mass is 32.2. The molecule has 1 N–H and O–H groups in total. The number of nitrogens with zero attached hydrogens (tertiary/aromatic N) is 1. The third kappa shape index (κ3) is 4.27. The Morgan fingerprint density at radius 1 is 1.53 bits per heavy atom. The van der Waals surface area contributed by atoms with Gasteiger partial charge < -0.3 is 4.90 Å². The summed E-state index contributed by atoms with van der Waals surface area (Å²) in [5, 5.41) is 3.14. The van der Waals surface area contributed by atoms with Crippen LogP contribution in [-0.2, 0) is 14.6 Å². The Labute approximate surface area is 103 Å². The van der Waals surface area contributed by atoms with Gasteiger partial charge in [0.2, 0.25) is 5.91 Å². The van der Waals surface area contributed by atoms with Gasteiger partial charge in [0.25, 0.3) is 0 Å². The third-order valence-electron chi connectivity index (χ3n) is 3.01. The smallest absolute Gasteiger partial charge is 0.241 e. The number of hydrogen-bond acceptors (Lipinski definition) is 4. The first-order chi connectivity index (χ1) is 7.85. The van der Waals surface area contributed by atoms with Crippen LogP contribution in [0.25, 0.3) is 0 Å². The number of unbranched alkanes of at least 4 members (excludes halogenated alkanes) is 1. The molecule has 0 aromatic rings. The molecule has 1 heterocycles. The van der Waals surface area contributed by atoms with Crippen molar-refractivity contribution in [3.8, 4) is 0 Å². The molecular weight excluding hydrogens is 240 g/mol. The van der Waals surface area contributed by atoms with Crippen LogP contribution in [0.4, 0.5) is 0 Å². The highest BCUT2D eigenvalue weighted by molar-refractivity contribution is 7.90. The standard InChI is InChI=1S/C11H22N2O3S/c1-4-5-6-10-11(14)13(8-12-10)9(2)7-17(3,15)16/h9-10,12H,4-8H2,1-3H3. The van der Waals surface area contributed by atoms with Gasteiger partial charge in [-0.1, -0.05) is 19.8 Å². The topological polar surface area (TPSA) is 66.5 Å². The molecule has 0 aromatic heterocycles. The summed E-state index contributed by atoms with van der Waals surface area (Å²) in [5.41, 5.74) is 0. The predicted octanol–water partition coefficient (Wildman–Crippen LogP) is 0.368. The maximum absolute atomic E-state index is 12.0. The SMILES string of the molecule is CCCCC1NCN(C(C)CS(C)(=O)=O)C1=O.